The summed E-state index contributed by atoms with van der Waals surface area (Å²) in [5.74, 6) is -0.373. The molecule has 1 aromatic carbocycles. The second kappa shape index (κ2) is 6.67. The molecule has 0 saturated heterocycles. The number of halogens is 1. The van der Waals surface area contributed by atoms with Crippen LogP contribution < -0.4 is 5.56 Å². The summed E-state index contributed by atoms with van der Waals surface area (Å²) in [4.78, 5) is 28.1. The van der Waals surface area contributed by atoms with Gasteiger partial charge in [0, 0.05) is 16.6 Å². The quantitative estimate of drug-likeness (QED) is 0.628. The second-order valence-electron chi connectivity index (χ2n) is 4.44. The highest BCUT2D eigenvalue weighted by Gasteiger charge is 2.08. The summed E-state index contributed by atoms with van der Waals surface area (Å²) in [7, 11) is 1.34. The fourth-order valence-corrected chi connectivity index (χ4v) is 2.33. The van der Waals surface area contributed by atoms with Crippen LogP contribution in [0.15, 0.2) is 45.4 Å². The van der Waals surface area contributed by atoms with Gasteiger partial charge in [0.2, 0.25) is 0 Å². The SMILES string of the molecule is CCC(=CCn1cnc2ccc(Br)cc2c1=O)C(=O)OC. The molecule has 2 aromatic rings. The highest BCUT2D eigenvalue weighted by molar-refractivity contribution is 9.10. The standard InChI is InChI=1S/C15H15BrN2O3/c1-3-10(15(20)21-2)6-7-18-9-17-13-5-4-11(16)8-12(13)14(18)19/h4-6,8-9H,3,7H2,1-2H3. The first-order chi connectivity index (χ1) is 10.1. The average molecular weight is 351 g/mol. The number of aromatic nitrogens is 2. The Morgan fingerprint density at radius 1 is 1.48 bits per heavy atom. The maximum Gasteiger partial charge on any atom is 0.333 e. The van der Waals surface area contributed by atoms with Crippen LogP contribution in [0.2, 0.25) is 0 Å². The predicted molar refractivity (Wildman–Crippen MR) is 84.1 cm³/mol. The number of hydrogen-bond acceptors (Lipinski definition) is 4. The number of esters is 1. The molecule has 0 amide bonds. The first kappa shape index (κ1) is 15.4. The van der Waals surface area contributed by atoms with Crippen molar-refractivity contribution in [2.75, 3.05) is 7.11 Å². The zero-order valence-electron chi connectivity index (χ0n) is 11.8. The van der Waals surface area contributed by atoms with Gasteiger partial charge in [-0.05, 0) is 24.6 Å². The highest BCUT2D eigenvalue weighted by Crippen LogP contribution is 2.14. The lowest BCUT2D eigenvalue weighted by Crippen LogP contribution is -2.20. The molecule has 0 saturated carbocycles. The van der Waals surface area contributed by atoms with Crippen molar-refractivity contribution in [3.63, 3.8) is 0 Å². The number of fused-ring (bicyclic) bond motifs is 1. The van der Waals surface area contributed by atoms with Crippen LogP contribution in [0.4, 0.5) is 0 Å². The average Bonchev–Trinajstić information content (AvgIpc) is 2.50. The monoisotopic (exact) mass is 350 g/mol. The number of rotatable bonds is 4. The molecule has 21 heavy (non-hydrogen) atoms. The molecular formula is C15H15BrN2O3. The lowest BCUT2D eigenvalue weighted by Gasteiger charge is -2.06. The minimum absolute atomic E-state index is 0.141. The van der Waals surface area contributed by atoms with E-state index in [-0.39, 0.29) is 18.1 Å². The Bertz CT molecular complexity index is 765. The van der Waals surface area contributed by atoms with E-state index in [1.165, 1.54) is 18.0 Å². The molecule has 0 unspecified atom stereocenters. The molecule has 0 aliphatic rings. The van der Waals surface area contributed by atoms with Crippen molar-refractivity contribution >= 4 is 32.8 Å². The number of ether oxygens (including phenoxy) is 1. The Hall–Kier alpha value is -1.95. The van der Waals surface area contributed by atoms with Crippen molar-refractivity contribution in [2.45, 2.75) is 19.9 Å². The van der Waals surface area contributed by atoms with E-state index >= 15 is 0 Å². The van der Waals surface area contributed by atoms with Crippen LogP contribution in [0, 0.1) is 0 Å². The number of allylic oxidation sites excluding steroid dienone is 1. The van der Waals surface area contributed by atoms with Gasteiger partial charge in [-0.25, -0.2) is 9.78 Å². The fraction of sp³-hybridized carbons (Fsp3) is 0.267. The molecule has 0 fully saturated rings. The highest BCUT2D eigenvalue weighted by atomic mass is 79.9. The Morgan fingerprint density at radius 2 is 2.24 bits per heavy atom. The van der Waals surface area contributed by atoms with Gasteiger partial charge >= 0.3 is 5.97 Å². The molecular weight excluding hydrogens is 336 g/mol. The summed E-state index contributed by atoms with van der Waals surface area (Å²) >= 11 is 3.34. The third kappa shape index (κ3) is 3.39. The topological polar surface area (TPSA) is 61.2 Å². The lowest BCUT2D eigenvalue weighted by molar-refractivity contribution is -0.136. The Kier molecular flexibility index (Phi) is 4.90. The Morgan fingerprint density at radius 3 is 2.90 bits per heavy atom. The van der Waals surface area contributed by atoms with Gasteiger partial charge in [0.25, 0.3) is 5.56 Å². The van der Waals surface area contributed by atoms with Crippen LogP contribution in [-0.4, -0.2) is 22.6 Å². The molecule has 0 aliphatic heterocycles. The Labute approximate surface area is 130 Å². The van der Waals surface area contributed by atoms with Crippen molar-refractivity contribution < 1.29 is 9.53 Å². The molecule has 1 aromatic heterocycles. The van der Waals surface area contributed by atoms with E-state index in [2.05, 4.69) is 20.9 Å². The molecule has 2 rings (SSSR count). The third-order valence-electron chi connectivity index (χ3n) is 3.15. The van der Waals surface area contributed by atoms with E-state index in [1.54, 1.807) is 18.2 Å². The van der Waals surface area contributed by atoms with E-state index < -0.39 is 0 Å². The molecule has 6 heteroatoms. The van der Waals surface area contributed by atoms with Gasteiger partial charge in [-0.15, -0.1) is 0 Å². The first-order valence-electron chi connectivity index (χ1n) is 6.49. The van der Waals surface area contributed by atoms with Crippen LogP contribution in [0.5, 0.6) is 0 Å². The maximum atomic E-state index is 12.4. The van der Waals surface area contributed by atoms with Crippen molar-refractivity contribution in [3.05, 3.63) is 51.0 Å². The normalized spacial score (nSPS) is 11.7. The molecule has 5 nitrogen and oxygen atoms in total. The number of hydrogen-bond donors (Lipinski definition) is 0. The van der Waals surface area contributed by atoms with E-state index in [1.807, 2.05) is 13.0 Å². The maximum absolute atomic E-state index is 12.4. The molecule has 0 radical (unpaired) electrons. The van der Waals surface area contributed by atoms with Crippen molar-refractivity contribution in [2.24, 2.45) is 0 Å². The van der Waals surface area contributed by atoms with Gasteiger partial charge in [0.1, 0.15) is 0 Å². The molecule has 0 N–H and O–H groups in total. The van der Waals surface area contributed by atoms with Crippen LogP contribution in [0.25, 0.3) is 10.9 Å². The fourth-order valence-electron chi connectivity index (χ4n) is 1.97. The predicted octanol–water partition coefficient (Wildman–Crippen LogP) is 2.67. The molecule has 0 aliphatic carbocycles. The van der Waals surface area contributed by atoms with Gasteiger partial charge in [-0.3, -0.25) is 9.36 Å². The summed E-state index contributed by atoms with van der Waals surface area (Å²) in [6.45, 7) is 2.15. The smallest absolute Gasteiger partial charge is 0.333 e. The van der Waals surface area contributed by atoms with Crippen molar-refractivity contribution in [1.29, 1.82) is 0 Å². The third-order valence-corrected chi connectivity index (χ3v) is 3.64. The number of nitrogens with zero attached hydrogens (tertiary/aromatic N) is 2. The second-order valence-corrected chi connectivity index (χ2v) is 5.35. The van der Waals surface area contributed by atoms with Crippen LogP contribution >= 0.6 is 15.9 Å². The van der Waals surface area contributed by atoms with E-state index in [0.29, 0.717) is 22.9 Å². The Balaban J connectivity index is 2.39. The van der Waals surface area contributed by atoms with Crippen LogP contribution in [-0.2, 0) is 16.1 Å². The summed E-state index contributed by atoms with van der Waals surface area (Å²) in [6.07, 6.45) is 3.73. The van der Waals surface area contributed by atoms with E-state index in [9.17, 15) is 9.59 Å². The largest absolute Gasteiger partial charge is 0.466 e. The molecule has 1 heterocycles. The zero-order valence-corrected chi connectivity index (χ0v) is 13.4. The van der Waals surface area contributed by atoms with Gasteiger partial charge < -0.3 is 4.74 Å². The zero-order chi connectivity index (χ0) is 15.4. The summed E-state index contributed by atoms with van der Waals surface area (Å²) in [5, 5.41) is 0.538. The lowest BCUT2D eigenvalue weighted by atomic mass is 10.2. The van der Waals surface area contributed by atoms with E-state index in [0.717, 1.165) is 4.47 Å². The van der Waals surface area contributed by atoms with E-state index in [4.69, 9.17) is 4.74 Å². The molecule has 0 bridgehead atoms. The first-order valence-corrected chi connectivity index (χ1v) is 7.28. The van der Waals surface area contributed by atoms with Crippen molar-refractivity contribution in [1.82, 2.24) is 9.55 Å². The van der Waals surface area contributed by atoms with Gasteiger partial charge in [0.15, 0.2) is 0 Å². The number of benzene rings is 1. The summed E-state index contributed by atoms with van der Waals surface area (Å²) < 4.78 is 6.98. The molecule has 110 valence electrons. The van der Waals surface area contributed by atoms with Crippen LogP contribution in [0.3, 0.4) is 0 Å². The number of carbonyl (C=O) groups excluding carboxylic acids is 1. The van der Waals surface area contributed by atoms with Gasteiger partial charge in [-0.1, -0.05) is 28.9 Å². The number of carbonyl (C=O) groups is 1. The minimum Gasteiger partial charge on any atom is -0.466 e. The summed E-state index contributed by atoms with van der Waals surface area (Å²) in [6, 6.07) is 5.37. The van der Waals surface area contributed by atoms with Crippen LogP contribution in [0.1, 0.15) is 13.3 Å². The molecule has 0 spiro atoms. The molecule has 0 atom stereocenters. The number of methoxy groups -OCH3 is 1. The van der Waals surface area contributed by atoms with Gasteiger partial charge in [-0.2, -0.15) is 0 Å². The van der Waals surface area contributed by atoms with Gasteiger partial charge in [0.05, 0.1) is 24.3 Å². The summed E-state index contributed by atoms with van der Waals surface area (Å²) in [5.41, 5.74) is 1.05. The minimum atomic E-state index is -0.373. The van der Waals surface area contributed by atoms with Crippen molar-refractivity contribution in [3.8, 4) is 0 Å².